The number of fused-ring (bicyclic) bond motifs is 2. The Kier molecular flexibility index (Phi) is 0.908. The molecular weight excluding hydrogens is 98.1 g/mol. The van der Waals surface area contributed by atoms with Crippen LogP contribution in [0.4, 0.5) is 0 Å². The van der Waals surface area contributed by atoms with Gasteiger partial charge in [-0.2, -0.15) is 0 Å². The predicted octanol–water partition coefficient (Wildman–Crippen LogP) is 0.924. The summed E-state index contributed by atoms with van der Waals surface area (Å²) in [4.78, 5) is 0. The molecule has 8 heavy (non-hydrogen) atoms. The Morgan fingerprint density at radius 1 is 1.25 bits per heavy atom. The molecule has 1 nitrogen and oxygen atoms in total. The second kappa shape index (κ2) is 1.59. The van der Waals surface area contributed by atoms with Gasteiger partial charge in [0.15, 0.2) is 0 Å². The molecule has 0 spiro atoms. The van der Waals surface area contributed by atoms with E-state index in [1.54, 1.807) is 0 Å². The average Bonchev–Trinajstić information content (AvgIpc) is 1.92. The lowest BCUT2D eigenvalue weighted by atomic mass is 9.88. The van der Waals surface area contributed by atoms with Crippen molar-refractivity contribution in [2.45, 2.75) is 18.9 Å². The van der Waals surface area contributed by atoms with Crippen molar-refractivity contribution in [1.82, 2.24) is 5.32 Å². The maximum atomic E-state index is 3.43. The molecule has 0 aromatic rings. The first-order valence-electron chi connectivity index (χ1n) is 3.37. The molecule has 1 N–H and O–H groups in total. The zero-order valence-electron chi connectivity index (χ0n) is 4.93. The smallest absolute Gasteiger partial charge is 0.0250 e. The molecule has 0 aromatic heterocycles. The summed E-state index contributed by atoms with van der Waals surface area (Å²) in [5.74, 6) is 0.861. The first-order valence-corrected chi connectivity index (χ1v) is 3.37. The molecule has 0 radical (unpaired) electrons. The molecule has 44 valence electrons. The van der Waals surface area contributed by atoms with Gasteiger partial charge >= 0.3 is 0 Å². The van der Waals surface area contributed by atoms with Gasteiger partial charge in [-0.3, -0.25) is 0 Å². The highest BCUT2D eigenvalue weighted by Crippen LogP contribution is 2.21. The van der Waals surface area contributed by atoms with Crippen molar-refractivity contribution in [3.63, 3.8) is 0 Å². The monoisotopic (exact) mass is 109 g/mol. The number of piperidine rings is 1. The van der Waals surface area contributed by atoms with Gasteiger partial charge in [0.1, 0.15) is 0 Å². The van der Waals surface area contributed by atoms with Crippen molar-refractivity contribution < 1.29 is 0 Å². The van der Waals surface area contributed by atoms with Crippen LogP contribution in [0, 0.1) is 5.92 Å². The van der Waals surface area contributed by atoms with E-state index in [0.717, 1.165) is 12.0 Å². The van der Waals surface area contributed by atoms with Gasteiger partial charge < -0.3 is 5.32 Å². The zero-order valence-corrected chi connectivity index (χ0v) is 4.93. The number of rotatable bonds is 0. The van der Waals surface area contributed by atoms with Crippen LogP contribution in [0.5, 0.6) is 0 Å². The van der Waals surface area contributed by atoms with Gasteiger partial charge in [0.05, 0.1) is 0 Å². The summed E-state index contributed by atoms with van der Waals surface area (Å²) in [5.41, 5.74) is 0. The van der Waals surface area contributed by atoms with Crippen molar-refractivity contribution >= 4 is 0 Å². The molecule has 1 heteroatoms. The van der Waals surface area contributed by atoms with Crippen molar-refractivity contribution in [3.8, 4) is 0 Å². The van der Waals surface area contributed by atoms with Crippen LogP contribution < -0.4 is 5.32 Å². The van der Waals surface area contributed by atoms with Gasteiger partial charge in [0.25, 0.3) is 0 Å². The second-order valence-corrected chi connectivity index (χ2v) is 2.74. The van der Waals surface area contributed by atoms with E-state index in [2.05, 4.69) is 17.5 Å². The Morgan fingerprint density at radius 2 is 2.25 bits per heavy atom. The van der Waals surface area contributed by atoms with E-state index < -0.39 is 0 Å². The van der Waals surface area contributed by atoms with Crippen LogP contribution in [-0.4, -0.2) is 12.6 Å². The van der Waals surface area contributed by atoms with Gasteiger partial charge in [-0.1, -0.05) is 12.2 Å². The largest absolute Gasteiger partial charge is 0.310 e. The maximum absolute atomic E-state index is 3.43. The van der Waals surface area contributed by atoms with Crippen LogP contribution in [0.1, 0.15) is 12.8 Å². The molecule has 0 aromatic carbocycles. The molecule has 2 unspecified atom stereocenters. The van der Waals surface area contributed by atoms with Gasteiger partial charge in [-0.25, -0.2) is 0 Å². The lowest BCUT2D eigenvalue weighted by Crippen LogP contribution is -2.40. The summed E-state index contributed by atoms with van der Waals surface area (Å²) in [7, 11) is 0. The quantitative estimate of drug-likeness (QED) is 0.456. The van der Waals surface area contributed by atoms with Gasteiger partial charge in [-0.15, -0.1) is 0 Å². The topological polar surface area (TPSA) is 12.0 Å². The van der Waals surface area contributed by atoms with Crippen LogP contribution in [0.2, 0.25) is 0 Å². The lowest BCUT2D eigenvalue weighted by molar-refractivity contribution is 0.363. The lowest BCUT2D eigenvalue weighted by Gasteiger charge is -2.31. The molecule has 2 aliphatic heterocycles. The molecule has 3 rings (SSSR count). The molecule has 1 fully saturated rings. The van der Waals surface area contributed by atoms with Crippen molar-refractivity contribution in [1.29, 1.82) is 0 Å². The zero-order chi connectivity index (χ0) is 5.40. The molecule has 1 saturated heterocycles. The number of nitrogens with one attached hydrogen (secondary N) is 1. The highest BCUT2D eigenvalue weighted by Gasteiger charge is 2.20. The van der Waals surface area contributed by atoms with E-state index in [9.17, 15) is 0 Å². The standard InChI is InChI=1S/C7H11N/c1-3-7-4-2-6(1)5-8-7/h1,3,6-8H,2,4-5H2. The van der Waals surface area contributed by atoms with E-state index >= 15 is 0 Å². The molecule has 1 aliphatic carbocycles. The van der Waals surface area contributed by atoms with Crippen LogP contribution in [0.15, 0.2) is 12.2 Å². The highest BCUT2D eigenvalue weighted by molar-refractivity contribution is 5.06. The fourth-order valence-corrected chi connectivity index (χ4v) is 1.52. The summed E-state index contributed by atoms with van der Waals surface area (Å²) in [6.45, 7) is 1.22. The third-order valence-electron chi connectivity index (χ3n) is 2.11. The molecule has 2 bridgehead atoms. The minimum atomic E-state index is 0.722. The van der Waals surface area contributed by atoms with E-state index in [-0.39, 0.29) is 0 Å². The molecular formula is C7H11N. The Balaban J connectivity index is 2.20. The Labute approximate surface area is 49.8 Å². The molecule has 2 heterocycles. The van der Waals surface area contributed by atoms with E-state index in [4.69, 9.17) is 0 Å². The first-order chi connectivity index (χ1) is 3.95. The number of hydrogen-bond donors (Lipinski definition) is 1. The van der Waals surface area contributed by atoms with Crippen LogP contribution in [0.3, 0.4) is 0 Å². The van der Waals surface area contributed by atoms with E-state index in [0.29, 0.717) is 0 Å². The van der Waals surface area contributed by atoms with Crippen LogP contribution in [0.25, 0.3) is 0 Å². The Hall–Kier alpha value is -0.300. The minimum absolute atomic E-state index is 0.722. The fraction of sp³-hybridized carbons (Fsp3) is 0.714. The third kappa shape index (κ3) is 0.583. The first kappa shape index (κ1) is 4.57. The van der Waals surface area contributed by atoms with Gasteiger partial charge in [-0.05, 0) is 18.8 Å². The van der Waals surface area contributed by atoms with Gasteiger partial charge in [0, 0.05) is 12.6 Å². The Morgan fingerprint density at radius 3 is 2.38 bits per heavy atom. The summed E-state index contributed by atoms with van der Waals surface area (Å²) in [5, 5.41) is 3.43. The summed E-state index contributed by atoms with van der Waals surface area (Å²) in [6, 6.07) is 0.722. The predicted molar refractivity (Wildman–Crippen MR) is 33.7 cm³/mol. The third-order valence-corrected chi connectivity index (χ3v) is 2.11. The van der Waals surface area contributed by atoms with Crippen LogP contribution >= 0.6 is 0 Å². The van der Waals surface area contributed by atoms with Crippen molar-refractivity contribution in [3.05, 3.63) is 12.2 Å². The molecule has 0 amide bonds. The van der Waals surface area contributed by atoms with Gasteiger partial charge in [0.2, 0.25) is 0 Å². The normalized spacial score (nSPS) is 43.0. The SMILES string of the molecule is C1=CC2CCC1CN2. The maximum Gasteiger partial charge on any atom is 0.0250 e. The summed E-state index contributed by atoms with van der Waals surface area (Å²) < 4.78 is 0. The van der Waals surface area contributed by atoms with Crippen LogP contribution in [-0.2, 0) is 0 Å². The molecule has 3 aliphatic rings. The molecule has 2 atom stereocenters. The summed E-state index contributed by atoms with van der Waals surface area (Å²) >= 11 is 0. The van der Waals surface area contributed by atoms with Crippen molar-refractivity contribution in [2.75, 3.05) is 6.54 Å². The highest BCUT2D eigenvalue weighted by atomic mass is 14.9. The minimum Gasteiger partial charge on any atom is -0.310 e. The average molecular weight is 109 g/mol. The second-order valence-electron chi connectivity index (χ2n) is 2.74. The van der Waals surface area contributed by atoms with E-state index in [1.807, 2.05) is 0 Å². The fourth-order valence-electron chi connectivity index (χ4n) is 1.52. The summed E-state index contributed by atoms with van der Waals surface area (Å²) in [6.07, 6.45) is 7.43. The van der Waals surface area contributed by atoms with E-state index in [1.165, 1.54) is 19.4 Å². The van der Waals surface area contributed by atoms with Crippen molar-refractivity contribution in [2.24, 2.45) is 5.92 Å². The Bertz CT molecular complexity index is 95.6. The number of hydrogen-bond acceptors (Lipinski definition) is 1. The molecule has 0 saturated carbocycles.